The summed E-state index contributed by atoms with van der Waals surface area (Å²) in [7, 11) is 1.69. The maximum Gasteiger partial charge on any atom is 0.138 e. The van der Waals surface area contributed by atoms with Crippen LogP contribution in [0.3, 0.4) is 0 Å². The maximum absolute atomic E-state index is 9.81. The molecule has 1 unspecified atom stereocenters. The summed E-state index contributed by atoms with van der Waals surface area (Å²) in [5.41, 5.74) is 2.11. The van der Waals surface area contributed by atoms with Gasteiger partial charge in [0.2, 0.25) is 0 Å². The number of methoxy groups -OCH3 is 1. The molecule has 1 N–H and O–H groups in total. The van der Waals surface area contributed by atoms with Crippen molar-refractivity contribution in [3.63, 3.8) is 0 Å². The molecule has 1 aromatic heterocycles. The highest BCUT2D eigenvalue weighted by Gasteiger charge is 2.24. The minimum atomic E-state index is 0.283. The molecule has 0 saturated carbocycles. The van der Waals surface area contributed by atoms with Crippen LogP contribution in [0.1, 0.15) is 23.6 Å². The number of pyridine rings is 1. The lowest BCUT2D eigenvalue weighted by atomic mass is 9.98. The minimum absolute atomic E-state index is 0.283. The molecular weight excluding hydrogens is 264 g/mol. The third kappa shape index (κ3) is 3.16. The first-order chi connectivity index (χ1) is 10.3. The van der Waals surface area contributed by atoms with Gasteiger partial charge in [-0.1, -0.05) is 12.1 Å². The molecule has 3 rings (SSSR count). The summed E-state index contributed by atoms with van der Waals surface area (Å²) in [6.07, 6.45) is 2.87. The van der Waals surface area contributed by atoms with E-state index in [0.29, 0.717) is 12.5 Å². The topological polar surface area (TPSA) is 45.6 Å². The number of benzene rings is 1. The van der Waals surface area contributed by atoms with E-state index in [9.17, 15) is 5.11 Å². The van der Waals surface area contributed by atoms with Crippen molar-refractivity contribution in [2.24, 2.45) is 0 Å². The quantitative estimate of drug-likeness (QED) is 0.937. The van der Waals surface area contributed by atoms with Crippen molar-refractivity contribution >= 4 is 0 Å². The number of likely N-dealkylation sites (tertiary alicyclic amines) is 1. The second-order valence-corrected chi connectivity index (χ2v) is 5.46. The number of aromatic hydroxyl groups is 1. The summed E-state index contributed by atoms with van der Waals surface area (Å²) in [6, 6.07) is 11.8. The molecule has 2 heterocycles. The zero-order chi connectivity index (χ0) is 14.7. The summed E-state index contributed by atoms with van der Waals surface area (Å²) < 4.78 is 5.20. The number of nitrogens with zero attached hydrogens (tertiary/aromatic N) is 2. The van der Waals surface area contributed by atoms with Gasteiger partial charge in [0.15, 0.2) is 0 Å². The SMILES string of the molecule is COc1ccc(C2CCN(Cc3ncccc3O)C2)cc1. The molecule has 0 aliphatic carbocycles. The van der Waals surface area contributed by atoms with Gasteiger partial charge in [0, 0.05) is 19.3 Å². The van der Waals surface area contributed by atoms with Crippen molar-refractivity contribution in [2.45, 2.75) is 18.9 Å². The Morgan fingerprint density at radius 3 is 2.81 bits per heavy atom. The van der Waals surface area contributed by atoms with E-state index < -0.39 is 0 Å². The lowest BCUT2D eigenvalue weighted by Crippen LogP contribution is -2.20. The Kier molecular flexibility index (Phi) is 4.06. The minimum Gasteiger partial charge on any atom is -0.506 e. The van der Waals surface area contributed by atoms with E-state index in [1.165, 1.54) is 5.56 Å². The predicted molar refractivity (Wildman–Crippen MR) is 81.5 cm³/mol. The Labute approximate surface area is 125 Å². The number of hydrogen-bond donors (Lipinski definition) is 1. The molecule has 110 valence electrons. The average molecular weight is 284 g/mol. The van der Waals surface area contributed by atoms with Gasteiger partial charge in [0.05, 0.1) is 12.8 Å². The molecular formula is C17H20N2O2. The number of aromatic nitrogens is 1. The molecule has 1 fully saturated rings. The second-order valence-electron chi connectivity index (χ2n) is 5.46. The summed E-state index contributed by atoms with van der Waals surface area (Å²) >= 11 is 0. The van der Waals surface area contributed by atoms with Gasteiger partial charge in [-0.25, -0.2) is 0 Å². The van der Waals surface area contributed by atoms with E-state index in [1.807, 2.05) is 12.1 Å². The molecule has 1 aliphatic heterocycles. The molecule has 1 aromatic carbocycles. The van der Waals surface area contributed by atoms with Gasteiger partial charge in [0.25, 0.3) is 0 Å². The van der Waals surface area contributed by atoms with Crippen LogP contribution in [0.4, 0.5) is 0 Å². The van der Waals surface area contributed by atoms with Crippen molar-refractivity contribution in [3.05, 3.63) is 53.9 Å². The van der Waals surface area contributed by atoms with Crippen molar-refractivity contribution < 1.29 is 9.84 Å². The molecule has 1 aliphatic rings. The Hall–Kier alpha value is -2.07. The highest BCUT2D eigenvalue weighted by molar-refractivity contribution is 5.30. The van der Waals surface area contributed by atoms with Crippen molar-refractivity contribution in [1.29, 1.82) is 0 Å². The number of rotatable bonds is 4. The lowest BCUT2D eigenvalue weighted by molar-refractivity contribution is 0.315. The number of hydrogen-bond acceptors (Lipinski definition) is 4. The van der Waals surface area contributed by atoms with E-state index >= 15 is 0 Å². The van der Waals surface area contributed by atoms with Gasteiger partial charge < -0.3 is 9.84 Å². The molecule has 0 amide bonds. The fourth-order valence-corrected chi connectivity index (χ4v) is 2.89. The van der Waals surface area contributed by atoms with Gasteiger partial charge in [-0.15, -0.1) is 0 Å². The van der Waals surface area contributed by atoms with Crippen LogP contribution in [0, 0.1) is 0 Å². The van der Waals surface area contributed by atoms with Crippen LogP contribution in [0.2, 0.25) is 0 Å². The van der Waals surface area contributed by atoms with Gasteiger partial charge >= 0.3 is 0 Å². The molecule has 1 atom stereocenters. The van der Waals surface area contributed by atoms with Crippen LogP contribution in [0.15, 0.2) is 42.6 Å². The van der Waals surface area contributed by atoms with E-state index in [0.717, 1.165) is 31.0 Å². The fraction of sp³-hybridized carbons (Fsp3) is 0.353. The smallest absolute Gasteiger partial charge is 0.138 e. The second kappa shape index (κ2) is 6.14. The Balaban J connectivity index is 1.63. The van der Waals surface area contributed by atoms with Gasteiger partial charge in [-0.3, -0.25) is 9.88 Å². The molecule has 4 heteroatoms. The summed E-state index contributed by atoms with van der Waals surface area (Å²) in [5.74, 6) is 1.72. The fourth-order valence-electron chi connectivity index (χ4n) is 2.89. The summed E-state index contributed by atoms with van der Waals surface area (Å²) in [4.78, 5) is 6.60. The highest BCUT2D eigenvalue weighted by Crippen LogP contribution is 2.29. The molecule has 0 spiro atoms. The normalized spacial score (nSPS) is 18.8. The van der Waals surface area contributed by atoms with Crippen LogP contribution < -0.4 is 4.74 Å². The van der Waals surface area contributed by atoms with Crippen LogP contribution in [-0.2, 0) is 6.54 Å². The highest BCUT2D eigenvalue weighted by atomic mass is 16.5. The molecule has 2 aromatic rings. The predicted octanol–water partition coefficient (Wildman–Crippen LogP) is 2.79. The van der Waals surface area contributed by atoms with E-state index in [2.05, 4.69) is 22.0 Å². The Morgan fingerprint density at radius 2 is 2.10 bits per heavy atom. The molecule has 0 radical (unpaired) electrons. The molecule has 4 nitrogen and oxygen atoms in total. The van der Waals surface area contributed by atoms with E-state index in [4.69, 9.17) is 4.74 Å². The summed E-state index contributed by atoms with van der Waals surface area (Å²) in [5, 5.41) is 9.81. The van der Waals surface area contributed by atoms with Crippen molar-refractivity contribution in [3.8, 4) is 11.5 Å². The van der Waals surface area contributed by atoms with Crippen LogP contribution in [0.25, 0.3) is 0 Å². The first-order valence-corrected chi connectivity index (χ1v) is 7.25. The Bertz CT molecular complexity index is 598. The van der Waals surface area contributed by atoms with E-state index in [-0.39, 0.29) is 5.75 Å². The Morgan fingerprint density at radius 1 is 1.29 bits per heavy atom. The van der Waals surface area contributed by atoms with Crippen LogP contribution in [0.5, 0.6) is 11.5 Å². The van der Waals surface area contributed by atoms with Gasteiger partial charge in [-0.05, 0) is 48.7 Å². The van der Waals surface area contributed by atoms with Gasteiger partial charge in [-0.2, -0.15) is 0 Å². The van der Waals surface area contributed by atoms with Crippen LogP contribution >= 0.6 is 0 Å². The maximum atomic E-state index is 9.81. The standard InChI is InChI=1S/C17H20N2O2/c1-21-15-6-4-13(5-7-15)14-8-10-19(11-14)12-16-17(20)3-2-9-18-16/h2-7,9,14,20H,8,10-12H2,1H3. The third-order valence-corrected chi connectivity index (χ3v) is 4.10. The zero-order valence-corrected chi connectivity index (χ0v) is 12.2. The monoisotopic (exact) mass is 284 g/mol. The molecule has 0 bridgehead atoms. The van der Waals surface area contributed by atoms with Crippen molar-refractivity contribution in [1.82, 2.24) is 9.88 Å². The number of ether oxygens (including phenoxy) is 1. The van der Waals surface area contributed by atoms with E-state index in [1.54, 1.807) is 25.4 Å². The summed E-state index contributed by atoms with van der Waals surface area (Å²) in [6.45, 7) is 2.74. The van der Waals surface area contributed by atoms with Crippen molar-refractivity contribution in [2.75, 3.05) is 20.2 Å². The zero-order valence-electron chi connectivity index (χ0n) is 12.2. The molecule has 21 heavy (non-hydrogen) atoms. The third-order valence-electron chi connectivity index (χ3n) is 4.10. The lowest BCUT2D eigenvalue weighted by Gasteiger charge is -2.16. The van der Waals surface area contributed by atoms with Crippen LogP contribution in [-0.4, -0.2) is 35.2 Å². The largest absolute Gasteiger partial charge is 0.506 e. The van der Waals surface area contributed by atoms with Gasteiger partial charge in [0.1, 0.15) is 11.5 Å². The first-order valence-electron chi connectivity index (χ1n) is 7.25. The molecule has 1 saturated heterocycles. The first kappa shape index (κ1) is 13.9. The average Bonchev–Trinajstić information content (AvgIpc) is 2.98.